The molecule has 0 atom stereocenters. The van der Waals surface area contributed by atoms with Crippen molar-refractivity contribution in [3.05, 3.63) is 0 Å². The molecule has 0 saturated carbocycles. The first kappa shape index (κ1) is 17.5. The number of rotatable bonds is 10. The maximum absolute atomic E-state index is 12.2. The molecule has 1 fully saturated rings. The van der Waals surface area contributed by atoms with Crippen LogP contribution in [0.1, 0.15) is 71.6 Å². The van der Waals surface area contributed by atoms with Crippen LogP contribution in [-0.4, -0.2) is 37.0 Å². The summed E-state index contributed by atoms with van der Waals surface area (Å²) in [6.45, 7) is 8.44. The Labute approximate surface area is 125 Å². The van der Waals surface area contributed by atoms with Crippen molar-refractivity contribution in [2.75, 3.05) is 26.2 Å². The molecular weight excluding hydrogens is 248 g/mol. The molecule has 0 radical (unpaired) electrons. The van der Waals surface area contributed by atoms with Gasteiger partial charge in [0.05, 0.1) is 0 Å². The van der Waals surface area contributed by atoms with E-state index < -0.39 is 0 Å². The number of nitrogens with one attached hydrogen (secondary N) is 1. The van der Waals surface area contributed by atoms with E-state index in [9.17, 15) is 4.79 Å². The first-order valence-corrected chi connectivity index (χ1v) is 8.76. The van der Waals surface area contributed by atoms with E-state index in [1.807, 2.05) is 0 Å². The number of piperidine rings is 1. The number of carbonyl (C=O) groups excluding carboxylic acids is 1. The van der Waals surface area contributed by atoms with Crippen LogP contribution >= 0.6 is 0 Å². The van der Waals surface area contributed by atoms with Crippen LogP contribution in [0.15, 0.2) is 0 Å². The largest absolute Gasteiger partial charge is 0.343 e. The minimum Gasteiger partial charge on any atom is -0.343 e. The number of nitrogens with zero attached hydrogens (tertiary/aromatic N) is 1. The summed E-state index contributed by atoms with van der Waals surface area (Å²) >= 11 is 0. The second kappa shape index (κ2) is 11.1. The maximum Gasteiger partial charge on any atom is 0.222 e. The Kier molecular flexibility index (Phi) is 9.73. The van der Waals surface area contributed by atoms with Gasteiger partial charge >= 0.3 is 0 Å². The molecule has 1 rings (SSSR count). The molecule has 3 nitrogen and oxygen atoms in total. The predicted molar refractivity (Wildman–Crippen MR) is 85.8 cm³/mol. The van der Waals surface area contributed by atoms with Crippen LogP contribution in [0.3, 0.4) is 0 Å². The molecule has 3 heteroatoms. The summed E-state index contributed by atoms with van der Waals surface area (Å²) in [5.74, 6) is 1.09. The highest BCUT2D eigenvalue weighted by Crippen LogP contribution is 2.15. The minimum absolute atomic E-state index is 0.376. The highest BCUT2D eigenvalue weighted by atomic mass is 16.2. The van der Waals surface area contributed by atoms with Gasteiger partial charge in [-0.2, -0.15) is 0 Å². The normalized spacial score (nSPS) is 16.3. The van der Waals surface area contributed by atoms with E-state index in [0.717, 1.165) is 39.0 Å². The van der Waals surface area contributed by atoms with E-state index in [4.69, 9.17) is 0 Å². The third-order valence-corrected chi connectivity index (χ3v) is 4.42. The lowest BCUT2D eigenvalue weighted by Gasteiger charge is -2.29. The van der Waals surface area contributed by atoms with E-state index in [1.54, 1.807) is 0 Å². The van der Waals surface area contributed by atoms with Gasteiger partial charge < -0.3 is 10.2 Å². The lowest BCUT2D eigenvalue weighted by atomic mass is 9.97. The molecular formula is C17H34N2O. The average molecular weight is 282 g/mol. The van der Waals surface area contributed by atoms with Crippen LogP contribution < -0.4 is 5.32 Å². The van der Waals surface area contributed by atoms with Crippen molar-refractivity contribution in [1.29, 1.82) is 0 Å². The quantitative estimate of drug-likeness (QED) is 0.621. The van der Waals surface area contributed by atoms with Gasteiger partial charge in [-0.05, 0) is 45.2 Å². The second-order valence-electron chi connectivity index (χ2n) is 6.14. The minimum atomic E-state index is 0.376. The molecule has 0 aliphatic carbocycles. The molecule has 1 amide bonds. The summed E-state index contributed by atoms with van der Waals surface area (Å²) < 4.78 is 0. The fourth-order valence-corrected chi connectivity index (χ4v) is 3.00. The van der Waals surface area contributed by atoms with Crippen molar-refractivity contribution >= 4 is 5.91 Å². The maximum atomic E-state index is 12.2. The molecule has 0 aromatic heterocycles. The number of hydrogen-bond acceptors (Lipinski definition) is 2. The molecule has 118 valence electrons. The molecule has 1 N–H and O–H groups in total. The van der Waals surface area contributed by atoms with Crippen molar-refractivity contribution in [3.63, 3.8) is 0 Å². The van der Waals surface area contributed by atoms with Crippen molar-refractivity contribution < 1.29 is 4.79 Å². The monoisotopic (exact) mass is 282 g/mol. The Balaban J connectivity index is 2.14. The second-order valence-corrected chi connectivity index (χ2v) is 6.14. The molecule has 1 heterocycles. The van der Waals surface area contributed by atoms with E-state index in [2.05, 4.69) is 24.1 Å². The van der Waals surface area contributed by atoms with Crippen LogP contribution in [0.2, 0.25) is 0 Å². The summed E-state index contributed by atoms with van der Waals surface area (Å²) in [7, 11) is 0. The van der Waals surface area contributed by atoms with E-state index in [-0.39, 0.29) is 0 Å². The molecule has 1 aliphatic rings. The summed E-state index contributed by atoms with van der Waals surface area (Å²) in [5.41, 5.74) is 0. The van der Waals surface area contributed by atoms with Crippen LogP contribution in [0.25, 0.3) is 0 Å². The van der Waals surface area contributed by atoms with Gasteiger partial charge in [0.25, 0.3) is 0 Å². The van der Waals surface area contributed by atoms with Crippen molar-refractivity contribution in [1.82, 2.24) is 10.2 Å². The zero-order valence-corrected chi connectivity index (χ0v) is 13.6. The van der Waals surface area contributed by atoms with Crippen LogP contribution in [0, 0.1) is 5.92 Å². The Hall–Kier alpha value is -0.570. The molecule has 1 saturated heterocycles. The van der Waals surface area contributed by atoms with Gasteiger partial charge in [-0.3, -0.25) is 4.79 Å². The van der Waals surface area contributed by atoms with Gasteiger partial charge in [0.2, 0.25) is 5.91 Å². The van der Waals surface area contributed by atoms with Crippen LogP contribution in [-0.2, 0) is 4.79 Å². The first-order valence-electron chi connectivity index (χ1n) is 8.76. The Morgan fingerprint density at radius 1 is 1.05 bits per heavy atom. The van der Waals surface area contributed by atoms with Crippen molar-refractivity contribution in [2.24, 2.45) is 5.92 Å². The lowest BCUT2D eigenvalue weighted by Crippen LogP contribution is -2.39. The Morgan fingerprint density at radius 2 is 1.70 bits per heavy atom. The number of carbonyl (C=O) groups is 1. The summed E-state index contributed by atoms with van der Waals surface area (Å²) in [4.78, 5) is 14.3. The summed E-state index contributed by atoms with van der Waals surface area (Å²) in [6, 6.07) is 0. The smallest absolute Gasteiger partial charge is 0.222 e. The van der Waals surface area contributed by atoms with Crippen molar-refractivity contribution in [3.8, 4) is 0 Å². The number of hydrogen-bond donors (Lipinski definition) is 1. The SMILES string of the molecule is CCCCCCCCC(=O)N(CC)CC1CCNCC1. The highest BCUT2D eigenvalue weighted by molar-refractivity contribution is 5.76. The van der Waals surface area contributed by atoms with Crippen molar-refractivity contribution in [2.45, 2.75) is 71.6 Å². The first-order chi connectivity index (χ1) is 9.77. The summed E-state index contributed by atoms with van der Waals surface area (Å²) in [6.07, 6.45) is 10.7. The zero-order valence-electron chi connectivity index (χ0n) is 13.6. The van der Waals surface area contributed by atoms with E-state index in [1.165, 1.54) is 44.9 Å². The van der Waals surface area contributed by atoms with Gasteiger partial charge in [0.15, 0.2) is 0 Å². The molecule has 0 aromatic rings. The average Bonchev–Trinajstić information content (AvgIpc) is 2.49. The Morgan fingerprint density at radius 3 is 2.35 bits per heavy atom. The third kappa shape index (κ3) is 7.28. The fourth-order valence-electron chi connectivity index (χ4n) is 3.00. The van der Waals surface area contributed by atoms with Gasteiger partial charge in [0, 0.05) is 19.5 Å². The van der Waals surface area contributed by atoms with Crippen LogP contribution in [0.5, 0.6) is 0 Å². The zero-order chi connectivity index (χ0) is 14.6. The summed E-state index contributed by atoms with van der Waals surface area (Å²) in [5, 5.41) is 3.39. The lowest BCUT2D eigenvalue weighted by molar-refractivity contribution is -0.131. The molecule has 1 aliphatic heterocycles. The fraction of sp³-hybridized carbons (Fsp3) is 0.941. The standard InChI is InChI=1S/C17H34N2O/c1-3-5-6-7-8-9-10-17(20)19(4-2)15-16-11-13-18-14-12-16/h16,18H,3-15H2,1-2H3. The van der Waals surface area contributed by atoms with Gasteiger partial charge in [-0.25, -0.2) is 0 Å². The van der Waals surface area contributed by atoms with Gasteiger partial charge in [-0.15, -0.1) is 0 Å². The topological polar surface area (TPSA) is 32.3 Å². The molecule has 0 unspecified atom stereocenters. The third-order valence-electron chi connectivity index (χ3n) is 4.42. The van der Waals surface area contributed by atoms with Gasteiger partial charge in [-0.1, -0.05) is 39.0 Å². The Bertz CT molecular complexity index is 249. The number of unbranched alkanes of at least 4 members (excludes halogenated alkanes) is 5. The molecule has 0 bridgehead atoms. The van der Waals surface area contributed by atoms with Crippen LogP contribution in [0.4, 0.5) is 0 Å². The molecule has 20 heavy (non-hydrogen) atoms. The van der Waals surface area contributed by atoms with E-state index in [0.29, 0.717) is 11.8 Å². The number of amides is 1. The van der Waals surface area contributed by atoms with Gasteiger partial charge in [0.1, 0.15) is 0 Å². The van der Waals surface area contributed by atoms with E-state index >= 15 is 0 Å². The molecule has 0 aromatic carbocycles. The molecule has 0 spiro atoms. The predicted octanol–water partition coefficient (Wildman–Crippen LogP) is 3.59. The highest BCUT2D eigenvalue weighted by Gasteiger charge is 2.19.